The van der Waals surface area contributed by atoms with Gasteiger partial charge in [0.15, 0.2) is 10.8 Å². The van der Waals surface area contributed by atoms with Crippen molar-refractivity contribution in [2.24, 2.45) is 0 Å². The summed E-state index contributed by atoms with van der Waals surface area (Å²) in [5.41, 5.74) is 0.646. The van der Waals surface area contributed by atoms with E-state index in [1.807, 2.05) is 24.4 Å². The van der Waals surface area contributed by atoms with Gasteiger partial charge in [-0.2, -0.15) is 0 Å². The lowest BCUT2D eigenvalue weighted by atomic mass is 10.2. The molecule has 122 valence electrons. The first-order valence-electron chi connectivity index (χ1n) is 7.51. The Bertz CT molecular complexity index is 732. The minimum Gasteiger partial charge on any atom is -0.480 e. The molecular weight excluding hydrogens is 316 g/mol. The minimum absolute atomic E-state index is 0.0550. The van der Waals surface area contributed by atoms with E-state index in [2.05, 4.69) is 4.98 Å². The first-order valence-corrected chi connectivity index (χ1v) is 8.39. The van der Waals surface area contributed by atoms with Gasteiger partial charge in [-0.3, -0.25) is 4.79 Å². The second kappa shape index (κ2) is 6.16. The van der Waals surface area contributed by atoms with Gasteiger partial charge in [-0.05, 0) is 38.8 Å². The average molecular weight is 334 g/mol. The van der Waals surface area contributed by atoms with Crippen LogP contribution in [0.5, 0.6) is 0 Å². The summed E-state index contributed by atoms with van der Waals surface area (Å²) in [5, 5.41) is 11.7. The number of rotatable bonds is 6. The lowest BCUT2D eigenvalue weighted by molar-refractivity contribution is -0.149. The van der Waals surface area contributed by atoms with Crippen LogP contribution in [0.4, 0.5) is 0 Å². The lowest BCUT2D eigenvalue weighted by Gasteiger charge is -2.26. The molecule has 2 aromatic rings. The highest BCUT2D eigenvalue weighted by molar-refractivity contribution is 7.13. The molecule has 1 fully saturated rings. The van der Waals surface area contributed by atoms with E-state index in [9.17, 15) is 14.7 Å². The summed E-state index contributed by atoms with van der Waals surface area (Å²) >= 11 is 1.42. The maximum Gasteiger partial charge on any atom is 0.326 e. The highest BCUT2D eigenvalue weighted by atomic mass is 32.1. The number of aryl methyl sites for hydroxylation is 1. The number of nitrogens with zero attached hydrogens (tertiary/aromatic N) is 2. The first-order chi connectivity index (χ1) is 11.0. The van der Waals surface area contributed by atoms with Crippen LogP contribution in [0.3, 0.4) is 0 Å². The third-order valence-electron chi connectivity index (χ3n) is 3.84. The van der Waals surface area contributed by atoms with Crippen LogP contribution in [0.2, 0.25) is 0 Å². The van der Waals surface area contributed by atoms with E-state index in [0.717, 1.165) is 23.6 Å². The van der Waals surface area contributed by atoms with E-state index in [4.69, 9.17) is 4.42 Å². The van der Waals surface area contributed by atoms with Crippen molar-refractivity contribution in [3.05, 3.63) is 29.0 Å². The molecule has 0 aromatic carbocycles. The number of amides is 1. The molecule has 2 heterocycles. The van der Waals surface area contributed by atoms with Crippen molar-refractivity contribution < 1.29 is 19.1 Å². The zero-order valence-electron chi connectivity index (χ0n) is 13.0. The van der Waals surface area contributed by atoms with E-state index in [1.54, 1.807) is 6.92 Å². The molecule has 1 unspecified atom stereocenters. The number of carbonyl (C=O) groups is 2. The molecule has 0 bridgehead atoms. The Morgan fingerprint density at radius 3 is 2.78 bits per heavy atom. The number of thiazole rings is 1. The van der Waals surface area contributed by atoms with Crippen LogP contribution in [0.1, 0.15) is 31.2 Å². The normalized spacial score (nSPS) is 15.4. The molecule has 7 heteroatoms. The molecule has 1 saturated carbocycles. The van der Waals surface area contributed by atoms with Crippen molar-refractivity contribution in [2.45, 2.75) is 45.2 Å². The molecular formula is C16H18N2O4S. The molecule has 0 saturated heterocycles. The van der Waals surface area contributed by atoms with Crippen LogP contribution in [-0.4, -0.2) is 39.0 Å². The van der Waals surface area contributed by atoms with Crippen LogP contribution in [0.15, 0.2) is 21.9 Å². The Morgan fingerprint density at radius 2 is 2.22 bits per heavy atom. The molecule has 1 aliphatic carbocycles. The Hall–Kier alpha value is -2.15. The molecule has 1 N–H and O–H groups in total. The maximum atomic E-state index is 12.5. The van der Waals surface area contributed by atoms with E-state index < -0.39 is 12.0 Å². The Labute approximate surface area is 137 Å². The smallest absolute Gasteiger partial charge is 0.326 e. The number of carbonyl (C=O) groups excluding carboxylic acids is 1. The number of aromatic nitrogens is 1. The van der Waals surface area contributed by atoms with Gasteiger partial charge in [0.25, 0.3) is 0 Å². The fourth-order valence-corrected chi connectivity index (χ4v) is 3.28. The number of hydrogen-bond acceptors (Lipinski definition) is 5. The number of furan rings is 1. The summed E-state index contributed by atoms with van der Waals surface area (Å²) in [4.78, 5) is 29.6. The van der Waals surface area contributed by atoms with Gasteiger partial charge in [0.1, 0.15) is 11.8 Å². The van der Waals surface area contributed by atoms with E-state index in [-0.39, 0.29) is 18.4 Å². The minimum atomic E-state index is -0.977. The van der Waals surface area contributed by atoms with Gasteiger partial charge in [-0.15, -0.1) is 11.3 Å². The zero-order valence-corrected chi connectivity index (χ0v) is 13.8. The largest absolute Gasteiger partial charge is 0.480 e. The number of carboxylic acid groups (broad SMARTS) is 1. The highest BCUT2D eigenvalue weighted by Gasteiger charge is 2.38. The van der Waals surface area contributed by atoms with E-state index in [1.165, 1.54) is 16.2 Å². The summed E-state index contributed by atoms with van der Waals surface area (Å²) < 4.78 is 5.53. The van der Waals surface area contributed by atoms with Crippen molar-refractivity contribution in [3.8, 4) is 10.8 Å². The van der Waals surface area contributed by atoms with Crippen molar-refractivity contribution in [3.63, 3.8) is 0 Å². The summed E-state index contributed by atoms with van der Waals surface area (Å²) in [6.45, 7) is 3.42. The van der Waals surface area contributed by atoms with E-state index >= 15 is 0 Å². The summed E-state index contributed by atoms with van der Waals surface area (Å²) in [6, 6.07) is 2.97. The predicted molar refractivity (Wildman–Crippen MR) is 85.2 cm³/mol. The topological polar surface area (TPSA) is 83.6 Å². The number of hydrogen-bond donors (Lipinski definition) is 1. The van der Waals surface area contributed by atoms with Crippen molar-refractivity contribution in [1.82, 2.24) is 9.88 Å². The van der Waals surface area contributed by atoms with Gasteiger partial charge < -0.3 is 14.4 Å². The molecule has 2 aromatic heterocycles. The SMILES string of the molecule is Cc1ccc(-c2nc(CC(=O)N(C3CC3)C(C)C(=O)O)cs2)o1. The highest BCUT2D eigenvalue weighted by Crippen LogP contribution is 2.30. The summed E-state index contributed by atoms with van der Waals surface area (Å²) in [6.07, 6.45) is 1.86. The Kier molecular flexibility index (Phi) is 4.21. The van der Waals surface area contributed by atoms with Gasteiger partial charge in [0.05, 0.1) is 12.1 Å². The molecule has 0 aliphatic heterocycles. The third kappa shape index (κ3) is 3.44. The molecule has 1 amide bonds. The van der Waals surface area contributed by atoms with Crippen molar-refractivity contribution >= 4 is 23.2 Å². The Morgan fingerprint density at radius 1 is 1.48 bits per heavy atom. The van der Waals surface area contributed by atoms with Crippen LogP contribution in [0.25, 0.3) is 10.8 Å². The van der Waals surface area contributed by atoms with Crippen molar-refractivity contribution in [2.75, 3.05) is 0 Å². The average Bonchev–Trinajstić information content (AvgIpc) is 3.04. The summed E-state index contributed by atoms with van der Waals surface area (Å²) in [7, 11) is 0. The third-order valence-corrected chi connectivity index (χ3v) is 4.74. The second-order valence-electron chi connectivity index (χ2n) is 5.78. The van der Waals surface area contributed by atoms with Gasteiger partial charge in [-0.25, -0.2) is 9.78 Å². The molecule has 6 nitrogen and oxygen atoms in total. The fraction of sp³-hybridized carbons (Fsp3) is 0.438. The molecule has 0 radical (unpaired) electrons. The Balaban J connectivity index is 1.72. The lowest BCUT2D eigenvalue weighted by Crippen LogP contribution is -2.45. The molecule has 1 atom stereocenters. The van der Waals surface area contributed by atoms with Crippen LogP contribution >= 0.6 is 11.3 Å². The first kappa shape index (κ1) is 15.7. The van der Waals surface area contributed by atoms with Gasteiger partial charge in [-0.1, -0.05) is 0 Å². The quantitative estimate of drug-likeness (QED) is 0.878. The fourth-order valence-electron chi connectivity index (χ4n) is 2.50. The van der Waals surface area contributed by atoms with Gasteiger partial charge in [0.2, 0.25) is 5.91 Å². The predicted octanol–water partition coefficient (Wildman–Crippen LogP) is 2.72. The molecule has 3 rings (SSSR count). The van der Waals surface area contributed by atoms with E-state index in [0.29, 0.717) is 11.5 Å². The monoisotopic (exact) mass is 334 g/mol. The van der Waals surface area contributed by atoms with Gasteiger partial charge >= 0.3 is 5.97 Å². The number of carboxylic acids is 1. The maximum absolute atomic E-state index is 12.5. The van der Waals surface area contributed by atoms with Crippen LogP contribution < -0.4 is 0 Å². The standard InChI is InChI=1S/C16H18N2O4S/c1-9-3-6-13(22-9)15-17-11(8-23-15)7-14(19)18(12-4-5-12)10(2)16(20)21/h3,6,8,10,12H,4-5,7H2,1-2H3,(H,20,21). The molecule has 1 aliphatic rings. The van der Waals surface area contributed by atoms with Crippen LogP contribution in [0, 0.1) is 6.92 Å². The molecule has 23 heavy (non-hydrogen) atoms. The second-order valence-corrected chi connectivity index (χ2v) is 6.64. The van der Waals surface area contributed by atoms with Gasteiger partial charge in [0, 0.05) is 11.4 Å². The summed E-state index contributed by atoms with van der Waals surface area (Å²) in [5.74, 6) is 0.331. The molecule has 0 spiro atoms. The number of aliphatic carboxylic acids is 1. The van der Waals surface area contributed by atoms with Crippen LogP contribution in [-0.2, 0) is 16.0 Å². The zero-order chi connectivity index (χ0) is 16.6. The van der Waals surface area contributed by atoms with Crippen molar-refractivity contribution in [1.29, 1.82) is 0 Å².